The topological polar surface area (TPSA) is 6.48 Å². The number of hydrogen-bond acceptors (Lipinski definition) is 2. The standard InChI is InChI=1S/C12H20N2/c1-9-11-7-5-6-8-12(11)14(4)10(2)13(9)3/h11-12H,1-2,5-8H2,3-4H3. The van der Waals surface area contributed by atoms with E-state index >= 15 is 0 Å². The van der Waals surface area contributed by atoms with Gasteiger partial charge in [0.05, 0.1) is 0 Å². The maximum atomic E-state index is 4.20. The van der Waals surface area contributed by atoms with Gasteiger partial charge in [-0.2, -0.15) is 0 Å². The Morgan fingerprint density at radius 1 is 1.14 bits per heavy atom. The van der Waals surface area contributed by atoms with Crippen LogP contribution in [-0.4, -0.2) is 29.9 Å². The SMILES string of the molecule is C=C1C2CCCCC2N(C)C(=C)N1C. The highest BCUT2D eigenvalue weighted by atomic mass is 15.4. The molecule has 1 aliphatic carbocycles. The van der Waals surface area contributed by atoms with Crippen LogP contribution >= 0.6 is 0 Å². The van der Waals surface area contributed by atoms with Crippen molar-refractivity contribution in [1.82, 2.24) is 9.80 Å². The van der Waals surface area contributed by atoms with E-state index in [4.69, 9.17) is 0 Å². The highest BCUT2D eigenvalue weighted by molar-refractivity contribution is 5.18. The molecule has 0 bridgehead atoms. The van der Waals surface area contributed by atoms with Crippen LogP contribution in [0.2, 0.25) is 0 Å². The minimum absolute atomic E-state index is 0.653. The molecular weight excluding hydrogens is 172 g/mol. The summed E-state index contributed by atoms with van der Waals surface area (Å²) >= 11 is 0. The lowest BCUT2D eigenvalue weighted by molar-refractivity contribution is 0.0964. The van der Waals surface area contributed by atoms with E-state index in [1.54, 1.807) is 0 Å². The quantitative estimate of drug-likeness (QED) is 0.581. The van der Waals surface area contributed by atoms with E-state index in [9.17, 15) is 0 Å². The molecule has 0 amide bonds. The van der Waals surface area contributed by atoms with Crippen molar-refractivity contribution in [3.05, 3.63) is 24.7 Å². The summed E-state index contributed by atoms with van der Waals surface area (Å²) in [5.74, 6) is 1.75. The number of hydrogen-bond donors (Lipinski definition) is 0. The third-order valence-electron chi connectivity index (χ3n) is 3.88. The largest absolute Gasteiger partial charge is 0.358 e. The van der Waals surface area contributed by atoms with Crippen molar-refractivity contribution in [2.75, 3.05) is 14.1 Å². The minimum atomic E-state index is 0.653. The van der Waals surface area contributed by atoms with Crippen LogP contribution in [0.5, 0.6) is 0 Å². The van der Waals surface area contributed by atoms with Crippen LogP contribution in [0.4, 0.5) is 0 Å². The summed E-state index contributed by atoms with van der Waals surface area (Å²) in [7, 11) is 4.24. The molecule has 78 valence electrons. The molecule has 0 radical (unpaired) electrons. The van der Waals surface area contributed by atoms with Crippen molar-refractivity contribution < 1.29 is 0 Å². The maximum Gasteiger partial charge on any atom is 0.100 e. The second-order valence-electron chi connectivity index (χ2n) is 4.54. The van der Waals surface area contributed by atoms with Crippen molar-refractivity contribution in [3.63, 3.8) is 0 Å². The monoisotopic (exact) mass is 192 g/mol. The van der Waals surface area contributed by atoms with Crippen LogP contribution in [0, 0.1) is 5.92 Å². The Bertz CT molecular complexity index is 269. The van der Waals surface area contributed by atoms with Crippen molar-refractivity contribution in [2.24, 2.45) is 5.92 Å². The summed E-state index contributed by atoms with van der Waals surface area (Å²) in [5, 5.41) is 0. The maximum absolute atomic E-state index is 4.20. The molecule has 2 rings (SSSR count). The first-order valence-electron chi connectivity index (χ1n) is 5.47. The lowest BCUT2D eigenvalue weighted by Crippen LogP contribution is -2.50. The van der Waals surface area contributed by atoms with Gasteiger partial charge in [0, 0.05) is 31.8 Å². The number of nitrogens with zero attached hydrogens (tertiary/aromatic N) is 2. The Balaban J connectivity index is 2.25. The minimum Gasteiger partial charge on any atom is -0.358 e. The van der Waals surface area contributed by atoms with Crippen LogP contribution < -0.4 is 0 Å². The fourth-order valence-corrected chi connectivity index (χ4v) is 2.81. The van der Waals surface area contributed by atoms with Gasteiger partial charge in [0.2, 0.25) is 0 Å². The molecule has 2 heteroatoms. The fraction of sp³-hybridized carbons (Fsp3) is 0.667. The first kappa shape index (κ1) is 9.63. The Labute approximate surface area is 86.9 Å². The van der Waals surface area contributed by atoms with E-state index in [0.717, 1.165) is 5.82 Å². The van der Waals surface area contributed by atoms with Gasteiger partial charge in [0.15, 0.2) is 0 Å². The van der Waals surface area contributed by atoms with Gasteiger partial charge >= 0.3 is 0 Å². The zero-order chi connectivity index (χ0) is 10.3. The summed E-state index contributed by atoms with van der Waals surface area (Å²) in [5.41, 5.74) is 1.26. The smallest absolute Gasteiger partial charge is 0.100 e. The molecule has 0 N–H and O–H groups in total. The van der Waals surface area contributed by atoms with Gasteiger partial charge in [-0.3, -0.25) is 0 Å². The first-order valence-corrected chi connectivity index (χ1v) is 5.47. The highest BCUT2D eigenvalue weighted by Crippen LogP contribution is 2.39. The summed E-state index contributed by atoms with van der Waals surface area (Å²) in [4.78, 5) is 4.48. The van der Waals surface area contributed by atoms with Crippen molar-refractivity contribution >= 4 is 0 Å². The Morgan fingerprint density at radius 2 is 1.79 bits per heavy atom. The molecule has 2 unspecified atom stereocenters. The number of rotatable bonds is 0. The lowest BCUT2D eigenvalue weighted by atomic mass is 9.80. The molecule has 2 fully saturated rings. The molecule has 14 heavy (non-hydrogen) atoms. The molecule has 2 atom stereocenters. The molecule has 0 aromatic heterocycles. The Kier molecular flexibility index (Phi) is 2.30. The molecule has 0 aromatic rings. The van der Waals surface area contributed by atoms with E-state index < -0.39 is 0 Å². The Morgan fingerprint density at radius 3 is 2.50 bits per heavy atom. The molecule has 2 nitrogen and oxygen atoms in total. The normalized spacial score (nSPS) is 33.3. The van der Waals surface area contributed by atoms with Gasteiger partial charge in [0.1, 0.15) is 5.82 Å². The second-order valence-corrected chi connectivity index (χ2v) is 4.54. The van der Waals surface area contributed by atoms with Crippen LogP contribution in [0.3, 0.4) is 0 Å². The zero-order valence-corrected chi connectivity index (χ0v) is 9.29. The third-order valence-corrected chi connectivity index (χ3v) is 3.88. The van der Waals surface area contributed by atoms with Crippen molar-refractivity contribution in [2.45, 2.75) is 31.7 Å². The van der Waals surface area contributed by atoms with Gasteiger partial charge in [-0.05, 0) is 12.8 Å². The molecule has 0 aromatic carbocycles. The third kappa shape index (κ3) is 1.24. The summed E-state index contributed by atoms with van der Waals surface area (Å²) in [6.07, 6.45) is 5.31. The molecule has 1 heterocycles. The summed E-state index contributed by atoms with van der Waals surface area (Å²) in [6, 6.07) is 0.653. The van der Waals surface area contributed by atoms with Crippen molar-refractivity contribution in [3.8, 4) is 0 Å². The van der Waals surface area contributed by atoms with Gasteiger partial charge in [0.25, 0.3) is 0 Å². The molecular formula is C12H20N2. The lowest BCUT2D eigenvalue weighted by Gasteiger charge is -2.50. The van der Waals surface area contributed by atoms with Crippen molar-refractivity contribution in [1.29, 1.82) is 0 Å². The summed E-state index contributed by atoms with van der Waals surface area (Å²) < 4.78 is 0. The first-order chi connectivity index (χ1) is 6.63. The predicted octanol–water partition coefficient (Wildman–Crippen LogP) is 2.41. The van der Waals surface area contributed by atoms with Gasteiger partial charge in [-0.25, -0.2) is 0 Å². The van der Waals surface area contributed by atoms with Gasteiger partial charge in [-0.15, -0.1) is 0 Å². The van der Waals surface area contributed by atoms with Gasteiger partial charge < -0.3 is 9.80 Å². The Hall–Kier alpha value is -0.920. The van der Waals surface area contributed by atoms with Crippen LogP contribution in [0.25, 0.3) is 0 Å². The number of fused-ring (bicyclic) bond motifs is 1. The second kappa shape index (κ2) is 3.34. The van der Waals surface area contributed by atoms with Crippen LogP contribution in [0.1, 0.15) is 25.7 Å². The molecule has 2 aliphatic rings. The fourth-order valence-electron chi connectivity index (χ4n) is 2.81. The van der Waals surface area contributed by atoms with Crippen LogP contribution in [-0.2, 0) is 0 Å². The average molecular weight is 192 g/mol. The van der Waals surface area contributed by atoms with E-state index in [1.807, 2.05) is 0 Å². The van der Waals surface area contributed by atoms with E-state index in [1.165, 1.54) is 31.4 Å². The zero-order valence-electron chi connectivity index (χ0n) is 9.29. The molecule has 1 saturated carbocycles. The van der Waals surface area contributed by atoms with Gasteiger partial charge in [-0.1, -0.05) is 26.0 Å². The molecule has 1 aliphatic heterocycles. The predicted molar refractivity (Wildman–Crippen MR) is 59.6 cm³/mol. The summed E-state index contributed by atoms with van der Waals surface area (Å²) in [6.45, 7) is 8.31. The van der Waals surface area contributed by atoms with E-state index in [2.05, 4.69) is 37.1 Å². The highest BCUT2D eigenvalue weighted by Gasteiger charge is 2.37. The molecule has 1 saturated heterocycles. The van der Waals surface area contributed by atoms with E-state index in [0.29, 0.717) is 12.0 Å². The van der Waals surface area contributed by atoms with E-state index in [-0.39, 0.29) is 0 Å². The molecule has 0 spiro atoms. The average Bonchev–Trinajstić information content (AvgIpc) is 2.23. The van der Waals surface area contributed by atoms with Crippen LogP contribution in [0.15, 0.2) is 24.7 Å².